The molecule has 0 unspecified atom stereocenters. The molecule has 0 atom stereocenters. The van der Waals surface area contributed by atoms with E-state index in [1.807, 2.05) is 0 Å². The summed E-state index contributed by atoms with van der Waals surface area (Å²) in [6.45, 7) is 12.3. The summed E-state index contributed by atoms with van der Waals surface area (Å²) in [5.41, 5.74) is 0. The van der Waals surface area contributed by atoms with Gasteiger partial charge in [0.2, 0.25) is 0 Å². The van der Waals surface area contributed by atoms with Crippen molar-refractivity contribution >= 4 is 0 Å². The summed E-state index contributed by atoms with van der Waals surface area (Å²) in [5.74, 6) is 0. The maximum Gasteiger partial charge on any atom is 0.0794 e. The normalized spacial score (nSPS) is 12.4. The summed E-state index contributed by atoms with van der Waals surface area (Å²) in [5, 5.41) is 3.75. The first-order chi connectivity index (χ1) is 21.8. The third-order valence-corrected chi connectivity index (χ3v) is 10.5. The second kappa shape index (κ2) is 33.8. The van der Waals surface area contributed by atoms with Gasteiger partial charge in [-0.2, -0.15) is 0 Å². The Bertz CT molecular complexity index is 510. The van der Waals surface area contributed by atoms with Gasteiger partial charge in [0.1, 0.15) is 0 Å². The molecule has 0 bridgehead atoms. The smallest absolute Gasteiger partial charge is 0.0794 e. The molecule has 0 heterocycles. The van der Waals surface area contributed by atoms with Crippen LogP contribution < -0.4 is 5.32 Å². The first-order valence-corrected chi connectivity index (χ1v) is 21.2. The second-order valence-electron chi connectivity index (χ2n) is 16.4. The number of quaternary nitrogens is 2. The molecule has 0 saturated carbocycles. The molecule has 1 N–H and O–H groups in total. The van der Waals surface area contributed by atoms with Crippen LogP contribution in [0, 0.1) is 0 Å². The number of nitrogens with one attached hydrogen (secondary N) is 1. The molecule has 0 fully saturated rings. The van der Waals surface area contributed by atoms with E-state index in [9.17, 15) is 0 Å². The van der Waals surface area contributed by atoms with Gasteiger partial charge in [-0.05, 0) is 25.7 Å². The van der Waals surface area contributed by atoms with Gasteiger partial charge in [-0.15, -0.1) is 0 Å². The molecule has 0 spiro atoms. The number of nitrogens with zero attached hydrogens (tertiary/aromatic N) is 2. The van der Waals surface area contributed by atoms with Crippen LogP contribution in [0.3, 0.4) is 0 Å². The van der Waals surface area contributed by atoms with Crippen LogP contribution in [0.4, 0.5) is 0 Å². The summed E-state index contributed by atoms with van der Waals surface area (Å²) in [7, 11) is 9.78. The van der Waals surface area contributed by atoms with E-state index >= 15 is 0 Å². The molecule has 0 aliphatic carbocycles. The number of unbranched alkanes of at least 4 members (excludes halogenated alkanes) is 26. The lowest BCUT2D eigenvalue weighted by molar-refractivity contribution is -0.890. The third-order valence-electron chi connectivity index (χ3n) is 10.5. The minimum absolute atomic E-state index is 1.19. The maximum atomic E-state index is 3.75. The lowest BCUT2D eigenvalue weighted by atomic mass is 10.0. The quantitative estimate of drug-likeness (QED) is 0.0524. The Labute approximate surface area is 287 Å². The Morgan fingerprint density at radius 2 is 0.467 bits per heavy atom. The van der Waals surface area contributed by atoms with E-state index in [2.05, 4.69) is 47.4 Å². The highest BCUT2D eigenvalue weighted by Gasteiger charge is 2.15. The van der Waals surface area contributed by atoms with Gasteiger partial charge in [-0.1, -0.05) is 168 Å². The van der Waals surface area contributed by atoms with Gasteiger partial charge < -0.3 is 14.3 Å². The lowest BCUT2D eigenvalue weighted by Gasteiger charge is -2.30. The monoisotopic (exact) mass is 638 g/mol. The fourth-order valence-corrected chi connectivity index (χ4v) is 7.08. The van der Waals surface area contributed by atoms with Crippen LogP contribution in [0.15, 0.2) is 0 Å². The molecule has 0 aromatic heterocycles. The third kappa shape index (κ3) is 36.6. The summed E-state index contributed by atoms with van der Waals surface area (Å²) in [6, 6.07) is 0. The van der Waals surface area contributed by atoms with Crippen LogP contribution in [0.2, 0.25) is 0 Å². The van der Waals surface area contributed by atoms with Crippen molar-refractivity contribution in [3.8, 4) is 0 Å². The minimum Gasteiger partial charge on any atom is -0.328 e. The van der Waals surface area contributed by atoms with E-state index in [-0.39, 0.29) is 0 Å². The predicted molar refractivity (Wildman–Crippen MR) is 206 cm³/mol. The molecule has 0 aliphatic heterocycles. The van der Waals surface area contributed by atoms with Crippen LogP contribution in [-0.2, 0) is 0 Å². The standard InChI is InChI=1S/C42H91N3/c1-7-9-11-13-15-17-19-21-23-25-27-29-31-33-39-44(3,4)41-35-37-43-38-36-42-45(5,6)40-34-32-30-28-26-24-22-20-18-16-14-12-10-8-2/h43H,7-42H2,1-6H3/q+2. The van der Waals surface area contributed by atoms with E-state index in [1.54, 1.807) is 0 Å². The van der Waals surface area contributed by atoms with E-state index in [4.69, 9.17) is 0 Å². The summed E-state index contributed by atoms with van der Waals surface area (Å²) in [4.78, 5) is 0. The average molecular weight is 638 g/mol. The number of hydrogen-bond acceptors (Lipinski definition) is 1. The Kier molecular flexibility index (Phi) is 33.7. The van der Waals surface area contributed by atoms with Crippen LogP contribution in [0.25, 0.3) is 0 Å². The highest BCUT2D eigenvalue weighted by Crippen LogP contribution is 2.15. The Balaban J connectivity index is 3.46. The zero-order chi connectivity index (χ0) is 33.2. The molecule has 3 nitrogen and oxygen atoms in total. The van der Waals surface area contributed by atoms with Gasteiger partial charge in [0.05, 0.1) is 54.4 Å². The van der Waals surface area contributed by atoms with Crippen molar-refractivity contribution in [2.45, 2.75) is 206 Å². The van der Waals surface area contributed by atoms with E-state index in [1.165, 1.54) is 241 Å². The largest absolute Gasteiger partial charge is 0.328 e. The zero-order valence-corrected chi connectivity index (χ0v) is 32.9. The van der Waals surface area contributed by atoms with Gasteiger partial charge >= 0.3 is 0 Å². The average Bonchev–Trinajstić information content (AvgIpc) is 3.00. The van der Waals surface area contributed by atoms with Crippen LogP contribution in [-0.4, -0.2) is 76.4 Å². The topological polar surface area (TPSA) is 12.0 Å². The Morgan fingerprint density at radius 1 is 0.267 bits per heavy atom. The number of rotatable bonds is 38. The molecular weight excluding hydrogens is 546 g/mol. The molecule has 0 aliphatic rings. The molecule has 0 aromatic rings. The van der Waals surface area contributed by atoms with Gasteiger partial charge in [-0.25, -0.2) is 0 Å². The first kappa shape index (κ1) is 44.9. The molecule has 0 saturated heterocycles. The van der Waals surface area contributed by atoms with E-state index in [0.29, 0.717) is 0 Å². The van der Waals surface area contributed by atoms with Crippen LogP contribution in [0.1, 0.15) is 206 Å². The summed E-state index contributed by atoms with van der Waals surface area (Å²) >= 11 is 0. The first-order valence-electron chi connectivity index (χ1n) is 21.2. The van der Waals surface area contributed by atoms with E-state index < -0.39 is 0 Å². The molecule has 272 valence electrons. The molecule has 0 aromatic carbocycles. The second-order valence-corrected chi connectivity index (χ2v) is 16.4. The van der Waals surface area contributed by atoms with Crippen molar-refractivity contribution in [2.24, 2.45) is 0 Å². The minimum atomic E-state index is 1.19. The van der Waals surface area contributed by atoms with Crippen molar-refractivity contribution in [3.05, 3.63) is 0 Å². The predicted octanol–water partition coefficient (Wildman–Crippen LogP) is 12.5. The van der Waals surface area contributed by atoms with Gasteiger partial charge in [-0.3, -0.25) is 0 Å². The van der Waals surface area contributed by atoms with E-state index in [0.717, 1.165) is 0 Å². The number of hydrogen-bond donors (Lipinski definition) is 1. The highest BCUT2D eigenvalue weighted by atomic mass is 15.3. The molecular formula is C42H91N3+2. The summed E-state index contributed by atoms with van der Waals surface area (Å²) < 4.78 is 2.39. The molecule has 0 rings (SSSR count). The van der Waals surface area contributed by atoms with Gasteiger partial charge in [0.15, 0.2) is 0 Å². The van der Waals surface area contributed by atoms with Crippen molar-refractivity contribution in [1.29, 1.82) is 0 Å². The van der Waals surface area contributed by atoms with Crippen molar-refractivity contribution < 1.29 is 8.97 Å². The van der Waals surface area contributed by atoms with Crippen molar-refractivity contribution in [3.63, 3.8) is 0 Å². The van der Waals surface area contributed by atoms with Gasteiger partial charge in [0, 0.05) is 25.9 Å². The molecule has 0 amide bonds. The zero-order valence-electron chi connectivity index (χ0n) is 32.9. The van der Waals surface area contributed by atoms with Crippen molar-refractivity contribution in [2.75, 3.05) is 67.5 Å². The maximum absolute atomic E-state index is 3.75. The van der Waals surface area contributed by atoms with Crippen LogP contribution >= 0.6 is 0 Å². The van der Waals surface area contributed by atoms with Gasteiger partial charge in [0.25, 0.3) is 0 Å². The van der Waals surface area contributed by atoms with Crippen molar-refractivity contribution in [1.82, 2.24) is 5.32 Å². The molecule has 45 heavy (non-hydrogen) atoms. The molecule has 3 heteroatoms. The summed E-state index contributed by atoms with van der Waals surface area (Å²) in [6.07, 6.45) is 43.3. The van der Waals surface area contributed by atoms with Crippen LogP contribution in [0.5, 0.6) is 0 Å². The Hall–Kier alpha value is -0.120. The fraction of sp³-hybridized carbons (Fsp3) is 1.00. The lowest BCUT2D eigenvalue weighted by Crippen LogP contribution is -2.43. The highest BCUT2D eigenvalue weighted by molar-refractivity contribution is 4.53. The SMILES string of the molecule is CCCCCCCCCCCCCCCC[N+](C)(C)CCCNCCC[N+](C)(C)CCCCCCCCCCCCCCCC. The Morgan fingerprint density at radius 3 is 0.711 bits per heavy atom. The fourth-order valence-electron chi connectivity index (χ4n) is 7.08. The molecule has 0 radical (unpaired) electrons.